The number of ether oxygens (including phenoxy) is 2. The minimum Gasteiger partial charge on any atom is -0.497 e. The van der Waals surface area contributed by atoms with Gasteiger partial charge in [-0.2, -0.15) is 10.1 Å². The Morgan fingerprint density at radius 3 is 2.21 bits per heavy atom. The molecule has 0 aliphatic carbocycles. The Morgan fingerprint density at radius 2 is 1.63 bits per heavy atom. The van der Waals surface area contributed by atoms with Crippen molar-refractivity contribution >= 4 is 23.6 Å². The first-order valence-corrected chi connectivity index (χ1v) is 12.1. The highest BCUT2D eigenvalue weighted by Crippen LogP contribution is 2.30. The van der Waals surface area contributed by atoms with Gasteiger partial charge in [-0.15, -0.1) is 0 Å². The van der Waals surface area contributed by atoms with Gasteiger partial charge in [-0.25, -0.2) is 9.48 Å². The molecule has 10 nitrogen and oxygen atoms in total. The highest BCUT2D eigenvalue weighted by Gasteiger charge is 2.31. The molecule has 1 N–H and O–H groups in total. The van der Waals surface area contributed by atoms with Crippen molar-refractivity contribution in [3.8, 4) is 17.1 Å². The third-order valence-electron chi connectivity index (χ3n) is 5.67. The van der Waals surface area contributed by atoms with Crippen LogP contribution in [-0.4, -0.2) is 58.0 Å². The van der Waals surface area contributed by atoms with Gasteiger partial charge in [-0.05, 0) is 64.1 Å². The van der Waals surface area contributed by atoms with Crippen molar-refractivity contribution in [2.45, 2.75) is 33.3 Å². The van der Waals surface area contributed by atoms with Crippen LogP contribution in [0.5, 0.6) is 5.75 Å². The van der Waals surface area contributed by atoms with Crippen LogP contribution in [0.3, 0.4) is 0 Å². The number of imidazole rings is 1. The van der Waals surface area contributed by atoms with E-state index in [1.54, 1.807) is 49.0 Å². The van der Waals surface area contributed by atoms with Crippen molar-refractivity contribution in [3.63, 3.8) is 0 Å². The van der Waals surface area contributed by atoms with E-state index in [1.165, 1.54) is 6.20 Å². The zero-order valence-corrected chi connectivity index (χ0v) is 22.6. The lowest BCUT2D eigenvalue weighted by Crippen LogP contribution is -2.27. The molecule has 38 heavy (non-hydrogen) atoms. The number of aromatic nitrogens is 4. The lowest BCUT2D eigenvalue weighted by Gasteiger charge is -2.21. The molecule has 2 aromatic heterocycles. The van der Waals surface area contributed by atoms with Crippen molar-refractivity contribution in [2.24, 2.45) is 0 Å². The zero-order chi connectivity index (χ0) is 27.6. The Morgan fingerprint density at radius 1 is 0.974 bits per heavy atom. The number of hydrogen-bond acceptors (Lipinski definition) is 7. The van der Waals surface area contributed by atoms with E-state index in [-0.39, 0.29) is 11.5 Å². The Bertz CT molecular complexity index is 1450. The number of benzene rings is 2. The lowest BCUT2D eigenvalue weighted by molar-refractivity contribution is 0.00619. The van der Waals surface area contributed by atoms with Crippen LogP contribution in [0.4, 0.5) is 11.8 Å². The summed E-state index contributed by atoms with van der Waals surface area (Å²) in [5.74, 6) is 0.210. The Labute approximate surface area is 221 Å². The maximum Gasteiger partial charge on any atom is 0.359 e. The average molecular weight is 517 g/mol. The molecule has 2 aromatic carbocycles. The fourth-order valence-electron chi connectivity index (χ4n) is 3.92. The number of hydrogen-bond donors (Lipinski definition) is 1. The van der Waals surface area contributed by atoms with Gasteiger partial charge in [-0.3, -0.25) is 9.36 Å². The highest BCUT2D eigenvalue weighted by molar-refractivity contribution is 6.08. The van der Waals surface area contributed by atoms with Crippen molar-refractivity contribution in [2.75, 3.05) is 31.4 Å². The van der Waals surface area contributed by atoms with Crippen LogP contribution in [0.15, 0.2) is 60.8 Å². The number of carbonyl (C=O) groups is 2. The summed E-state index contributed by atoms with van der Waals surface area (Å²) in [6.07, 6.45) is 1.49. The van der Waals surface area contributed by atoms with Crippen molar-refractivity contribution in [1.82, 2.24) is 19.3 Å². The molecular weight excluding hydrogens is 484 g/mol. The van der Waals surface area contributed by atoms with Crippen LogP contribution in [0, 0.1) is 6.92 Å². The number of carbonyl (C=O) groups excluding carboxylic acids is 2. The minimum atomic E-state index is -0.751. The number of nitrogens with one attached hydrogen (secondary N) is 1. The molecule has 0 aliphatic rings. The third kappa shape index (κ3) is 5.39. The van der Waals surface area contributed by atoms with Crippen LogP contribution in [-0.2, 0) is 4.74 Å². The van der Waals surface area contributed by atoms with Gasteiger partial charge >= 0.3 is 5.97 Å². The van der Waals surface area contributed by atoms with Gasteiger partial charge in [0, 0.05) is 19.8 Å². The summed E-state index contributed by atoms with van der Waals surface area (Å²) >= 11 is 0. The van der Waals surface area contributed by atoms with Crippen molar-refractivity contribution in [3.05, 3.63) is 77.7 Å². The van der Waals surface area contributed by atoms with E-state index >= 15 is 0 Å². The maximum absolute atomic E-state index is 13.5. The molecule has 198 valence electrons. The zero-order valence-electron chi connectivity index (χ0n) is 22.6. The van der Waals surface area contributed by atoms with E-state index < -0.39 is 17.5 Å². The fraction of sp³-hybridized carbons (Fsp3) is 0.286. The maximum atomic E-state index is 13.5. The molecule has 0 saturated carbocycles. The molecule has 0 aliphatic heterocycles. The first-order valence-electron chi connectivity index (χ1n) is 12.1. The molecule has 0 saturated heterocycles. The number of rotatable bonds is 7. The summed E-state index contributed by atoms with van der Waals surface area (Å²) in [6, 6.07) is 16.7. The lowest BCUT2D eigenvalue weighted by atomic mass is 10.2. The van der Waals surface area contributed by atoms with Crippen LogP contribution in [0.2, 0.25) is 0 Å². The number of amides is 1. The average Bonchev–Trinajstić information content (AvgIpc) is 3.44. The normalized spacial score (nSPS) is 11.2. The fourth-order valence-corrected chi connectivity index (χ4v) is 3.92. The van der Waals surface area contributed by atoms with Crippen molar-refractivity contribution in [1.29, 1.82) is 0 Å². The molecule has 0 radical (unpaired) electrons. The van der Waals surface area contributed by atoms with Crippen LogP contribution >= 0.6 is 0 Å². The second-order valence-electron chi connectivity index (χ2n) is 9.88. The predicted octanol–water partition coefficient (Wildman–Crippen LogP) is 4.65. The van der Waals surface area contributed by atoms with Gasteiger partial charge in [0.25, 0.3) is 5.91 Å². The van der Waals surface area contributed by atoms with E-state index in [0.717, 1.165) is 11.4 Å². The number of esters is 1. The van der Waals surface area contributed by atoms with Crippen LogP contribution in [0.1, 0.15) is 47.3 Å². The third-order valence-corrected chi connectivity index (χ3v) is 5.67. The number of nitrogens with zero attached hydrogens (tertiary/aromatic N) is 5. The SMILES string of the molecule is COc1ccc(-n2ncc(C(=O)Nc3nc(N(C)C)n(-c4ccccc4)c3C(=O)OC(C)(C)C)c2C)cc1. The Kier molecular flexibility index (Phi) is 7.25. The highest BCUT2D eigenvalue weighted by atomic mass is 16.6. The summed E-state index contributed by atoms with van der Waals surface area (Å²) in [5, 5.41) is 7.23. The van der Waals surface area contributed by atoms with E-state index in [1.807, 2.05) is 68.7 Å². The van der Waals surface area contributed by atoms with Gasteiger partial charge in [0.05, 0.1) is 30.3 Å². The molecule has 1 amide bonds. The summed E-state index contributed by atoms with van der Waals surface area (Å²) < 4.78 is 14.3. The Hall–Kier alpha value is -4.60. The van der Waals surface area contributed by atoms with E-state index in [2.05, 4.69) is 15.4 Å². The second kappa shape index (κ2) is 10.4. The standard InChI is InChI=1S/C28H32N6O4/c1-18-22(17-29-34(18)20-13-15-21(37-7)16-14-20)25(35)30-24-23(26(36)38-28(2,3)4)33(27(31-24)32(5)6)19-11-9-8-10-12-19/h8-17H,1-7H3,(H,30,35). The van der Waals surface area contributed by atoms with Gasteiger partial charge in [-0.1, -0.05) is 18.2 Å². The van der Waals surface area contributed by atoms with Crippen LogP contribution in [0.25, 0.3) is 11.4 Å². The smallest absolute Gasteiger partial charge is 0.359 e. The van der Waals surface area contributed by atoms with Gasteiger partial charge < -0.3 is 19.7 Å². The molecule has 2 heterocycles. The molecule has 0 atom stereocenters. The summed E-state index contributed by atoms with van der Waals surface area (Å²) in [4.78, 5) is 33.3. The molecule has 4 aromatic rings. The van der Waals surface area contributed by atoms with Gasteiger partial charge in [0.2, 0.25) is 5.95 Å². The number of methoxy groups -OCH3 is 1. The molecule has 0 bridgehead atoms. The monoisotopic (exact) mass is 516 g/mol. The summed E-state index contributed by atoms with van der Waals surface area (Å²) in [5.41, 5.74) is 1.81. The van der Waals surface area contributed by atoms with Gasteiger partial charge in [0.1, 0.15) is 11.4 Å². The first-order chi connectivity index (χ1) is 18.0. The quantitative estimate of drug-likeness (QED) is 0.357. The summed E-state index contributed by atoms with van der Waals surface area (Å²) in [7, 11) is 5.23. The van der Waals surface area contributed by atoms with Gasteiger partial charge in [0.15, 0.2) is 11.5 Å². The number of anilines is 2. The molecule has 0 unspecified atom stereocenters. The summed E-state index contributed by atoms with van der Waals surface area (Å²) in [6.45, 7) is 7.16. The van der Waals surface area contributed by atoms with Crippen molar-refractivity contribution < 1.29 is 19.1 Å². The predicted molar refractivity (Wildman–Crippen MR) is 146 cm³/mol. The molecule has 10 heteroatoms. The number of para-hydroxylation sites is 1. The van der Waals surface area contributed by atoms with E-state index in [4.69, 9.17) is 9.47 Å². The molecule has 0 spiro atoms. The Balaban J connectivity index is 1.76. The van der Waals surface area contributed by atoms with E-state index in [9.17, 15) is 9.59 Å². The molecule has 4 rings (SSSR count). The molecule has 0 fully saturated rings. The largest absolute Gasteiger partial charge is 0.497 e. The van der Waals surface area contributed by atoms with E-state index in [0.29, 0.717) is 22.9 Å². The minimum absolute atomic E-state index is 0.0911. The first kappa shape index (κ1) is 26.5. The molecular formula is C28H32N6O4. The topological polar surface area (TPSA) is 104 Å². The second-order valence-corrected chi connectivity index (χ2v) is 9.88. The van der Waals surface area contributed by atoms with Crippen LogP contribution < -0.4 is 15.0 Å².